The molecule has 110 valence electrons. The fourth-order valence-electron chi connectivity index (χ4n) is 3.02. The van der Waals surface area contributed by atoms with E-state index < -0.39 is 0 Å². The topological polar surface area (TPSA) is 24.5 Å². The number of hydrogen-bond donors (Lipinski definition) is 1. The highest BCUT2D eigenvalue weighted by molar-refractivity contribution is 9.10. The normalized spacial score (nSPS) is 24.4. The molecule has 0 aromatic heterocycles. The largest absolute Gasteiger partial charge is 0.497 e. The molecule has 2 fully saturated rings. The van der Waals surface area contributed by atoms with Crippen LogP contribution >= 0.6 is 15.9 Å². The van der Waals surface area contributed by atoms with Crippen molar-refractivity contribution in [1.29, 1.82) is 0 Å². The first kappa shape index (κ1) is 14.4. The van der Waals surface area contributed by atoms with E-state index in [1.54, 1.807) is 7.11 Å². The van der Waals surface area contributed by atoms with Crippen molar-refractivity contribution in [1.82, 2.24) is 10.2 Å². The molecule has 1 heterocycles. The summed E-state index contributed by atoms with van der Waals surface area (Å²) >= 11 is 3.66. The van der Waals surface area contributed by atoms with Crippen LogP contribution in [0, 0.1) is 5.92 Å². The lowest BCUT2D eigenvalue weighted by Crippen LogP contribution is -2.39. The van der Waals surface area contributed by atoms with Crippen LogP contribution in [0.3, 0.4) is 0 Å². The van der Waals surface area contributed by atoms with Gasteiger partial charge in [-0.1, -0.05) is 15.9 Å². The summed E-state index contributed by atoms with van der Waals surface area (Å²) in [5, 5.41) is 3.72. The predicted octanol–water partition coefficient (Wildman–Crippen LogP) is 3.03. The van der Waals surface area contributed by atoms with Crippen LogP contribution < -0.4 is 10.1 Å². The molecule has 1 N–H and O–H groups in total. The lowest BCUT2D eigenvalue weighted by atomic mass is 10.1. The van der Waals surface area contributed by atoms with E-state index in [1.807, 2.05) is 6.07 Å². The number of nitrogens with zero attached hydrogens (tertiary/aromatic N) is 1. The summed E-state index contributed by atoms with van der Waals surface area (Å²) in [4.78, 5) is 2.59. The van der Waals surface area contributed by atoms with Crippen molar-refractivity contribution >= 4 is 15.9 Å². The summed E-state index contributed by atoms with van der Waals surface area (Å²) in [6.07, 6.45) is 4.06. The quantitative estimate of drug-likeness (QED) is 0.913. The van der Waals surface area contributed by atoms with Crippen molar-refractivity contribution in [3.63, 3.8) is 0 Å². The summed E-state index contributed by atoms with van der Waals surface area (Å²) in [7, 11) is 1.73. The maximum atomic E-state index is 5.34. The molecule has 4 heteroatoms. The number of methoxy groups -OCH3 is 1. The van der Waals surface area contributed by atoms with Gasteiger partial charge in [0.25, 0.3) is 0 Å². The van der Waals surface area contributed by atoms with Crippen LogP contribution in [0.5, 0.6) is 5.75 Å². The predicted molar refractivity (Wildman–Crippen MR) is 85.1 cm³/mol. The summed E-state index contributed by atoms with van der Waals surface area (Å²) in [5.41, 5.74) is 1.32. The number of benzene rings is 1. The Balaban J connectivity index is 1.68. The lowest BCUT2D eigenvalue weighted by Gasteiger charge is -2.25. The molecule has 1 atom stereocenters. The number of ether oxygens (including phenoxy) is 1. The Hall–Kier alpha value is -0.580. The molecule has 1 saturated heterocycles. The minimum atomic E-state index is 0.696. The third-order valence-corrected chi connectivity index (χ3v) is 5.12. The van der Waals surface area contributed by atoms with Crippen LogP contribution in [-0.2, 0) is 6.54 Å². The highest BCUT2D eigenvalue weighted by atomic mass is 79.9. The van der Waals surface area contributed by atoms with Gasteiger partial charge in [0.1, 0.15) is 5.75 Å². The molecule has 2 aliphatic rings. The monoisotopic (exact) mass is 338 g/mol. The molecule has 3 nitrogen and oxygen atoms in total. The molecular formula is C16H23BrN2O. The molecule has 1 aromatic rings. The first-order valence-corrected chi connectivity index (χ1v) is 8.33. The van der Waals surface area contributed by atoms with Crippen LogP contribution in [0.25, 0.3) is 0 Å². The average molecular weight is 339 g/mol. The Labute approximate surface area is 129 Å². The highest BCUT2D eigenvalue weighted by Crippen LogP contribution is 2.34. The van der Waals surface area contributed by atoms with Gasteiger partial charge in [0, 0.05) is 23.6 Å². The minimum Gasteiger partial charge on any atom is -0.497 e. The van der Waals surface area contributed by atoms with Crippen LogP contribution in [-0.4, -0.2) is 37.7 Å². The van der Waals surface area contributed by atoms with E-state index in [1.165, 1.54) is 42.4 Å². The number of rotatable bonds is 4. The molecule has 0 spiro atoms. The number of nitrogens with one attached hydrogen (secondary N) is 1. The van der Waals surface area contributed by atoms with Gasteiger partial charge in [-0.15, -0.1) is 0 Å². The Kier molecular flexibility index (Phi) is 4.64. The molecular weight excluding hydrogens is 316 g/mol. The molecule has 0 amide bonds. The fraction of sp³-hybridized carbons (Fsp3) is 0.625. The first-order chi connectivity index (χ1) is 9.76. The van der Waals surface area contributed by atoms with Crippen LogP contribution in [0.2, 0.25) is 0 Å². The average Bonchev–Trinajstić information content (AvgIpc) is 3.27. The van der Waals surface area contributed by atoms with Gasteiger partial charge in [-0.25, -0.2) is 0 Å². The molecule has 1 saturated carbocycles. The molecule has 1 aromatic carbocycles. The second kappa shape index (κ2) is 6.46. The van der Waals surface area contributed by atoms with E-state index in [0.29, 0.717) is 6.04 Å². The zero-order valence-electron chi connectivity index (χ0n) is 12.1. The summed E-state index contributed by atoms with van der Waals surface area (Å²) in [6.45, 7) is 4.52. The summed E-state index contributed by atoms with van der Waals surface area (Å²) in [5.74, 6) is 1.86. The van der Waals surface area contributed by atoms with E-state index in [4.69, 9.17) is 4.74 Å². The number of hydrogen-bond acceptors (Lipinski definition) is 3. The van der Waals surface area contributed by atoms with Gasteiger partial charge in [0.05, 0.1) is 7.11 Å². The van der Waals surface area contributed by atoms with E-state index >= 15 is 0 Å². The van der Waals surface area contributed by atoms with Crippen molar-refractivity contribution in [2.45, 2.75) is 31.8 Å². The molecule has 20 heavy (non-hydrogen) atoms. The SMILES string of the molecule is COc1ccc(Br)c(CN2CCCNC(C3CC3)C2)c1. The van der Waals surface area contributed by atoms with Crippen molar-refractivity contribution in [2.75, 3.05) is 26.7 Å². The second-order valence-corrected chi connectivity index (χ2v) is 6.80. The van der Waals surface area contributed by atoms with Gasteiger partial charge in [0.15, 0.2) is 0 Å². The van der Waals surface area contributed by atoms with Gasteiger partial charge in [-0.05, 0) is 62.0 Å². The first-order valence-electron chi connectivity index (χ1n) is 7.54. The van der Waals surface area contributed by atoms with Crippen LogP contribution in [0.4, 0.5) is 0 Å². The zero-order chi connectivity index (χ0) is 13.9. The van der Waals surface area contributed by atoms with Crippen LogP contribution in [0.15, 0.2) is 22.7 Å². The van der Waals surface area contributed by atoms with E-state index in [9.17, 15) is 0 Å². The molecule has 0 radical (unpaired) electrons. The van der Waals surface area contributed by atoms with Crippen molar-refractivity contribution < 1.29 is 4.74 Å². The fourth-order valence-corrected chi connectivity index (χ4v) is 3.39. The lowest BCUT2D eigenvalue weighted by molar-refractivity contribution is 0.250. The van der Waals surface area contributed by atoms with Gasteiger partial charge < -0.3 is 10.1 Å². The van der Waals surface area contributed by atoms with Gasteiger partial charge in [-0.3, -0.25) is 4.90 Å². The van der Waals surface area contributed by atoms with Gasteiger partial charge in [-0.2, -0.15) is 0 Å². The summed E-state index contributed by atoms with van der Waals surface area (Å²) < 4.78 is 6.52. The Morgan fingerprint density at radius 3 is 3.00 bits per heavy atom. The van der Waals surface area contributed by atoms with Crippen molar-refractivity contribution in [3.05, 3.63) is 28.2 Å². The van der Waals surface area contributed by atoms with Crippen molar-refractivity contribution in [2.24, 2.45) is 5.92 Å². The third kappa shape index (κ3) is 3.54. The van der Waals surface area contributed by atoms with E-state index in [-0.39, 0.29) is 0 Å². The Morgan fingerprint density at radius 1 is 1.40 bits per heavy atom. The third-order valence-electron chi connectivity index (χ3n) is 4.35. The summed E-state index contributed by atoms with van der Waals surface area (Å²) in [6, 6.07) is 6.93. The zero-order valence-corrected chi connectivity index (χ0v) is 13.7. The van der Waals surface area contributed by atoms with Gasteiger partial charge in [0.2, 0.25) is 0 Å². The molecule has 1 unspecified atom stereocenters. The maximum absolute atomic E-state index is 5.34. The van der Waals surface area contributed by atoms with E-state index in [2.05, 4.69) is 38.3 Å². The molecule has 1 aliphatic carbocycles. The highest BCUT2D eigenvalue weighted by Gasteiger charge is 2.33. The van der Waals surface area contributed by atoms with Crippen molar-refractivity contribution in [3.8, 4) is 5.75 Å². The minimum absolute atomic E-state index is 0.696. The molecule has 0 bridgehead atoms. The second-order valence-electron chi connectivity index (χ2n) is 5.94. The molecule has 3 rings (SSSR count). The van der Waals surface area contributed by atoms with Crippen LogP contribution in [0.1, 0.15) is 24.8 Å². The van der Waals surface area contributed by atoms with Gasteiger partial charge >= 0.3 is 0 Å². The standard InChI is InChI=1S/C16H23BrN2O/c1-20-14-5-6-15(17)13(9-14)10-19-8-2-7-18-16(11-19)12-3-4-12/h5-6,9,12,16,18H,2-4,7-8,10-11H2,1H3. The number of halogens is 1. The maximum Gasteiger partial charge on any atom is 0.119 e. The Bertz CT molecular complexity index is 462. The Morgan fingerprint density at radius 2 is 2.25 bits per heavy atom. The smallest absolute Gasteiger partial charge is 0.119 e. The van der Waals surface area contributed by atoms with E-state index in [0.717, 1.165) is 24.8 Å². The molecule has 1 aliphatic heterocycles.